The molecule has 3 N–H and O–H groups in total. The minimum Gasteiger partial charge on any atom is -0.457 e. The molecule has 0 unspecified atom stereocenters. The van der Waals surface area contributed by atoms with E-state index in [4.69, 9.17) is 10.5 Å². The first-order valence-electron chi connectivity index (χ1n) is 8.01. The number of anilines is 1. The summed E-state index contributed by atoms with van der Waals surface area (Å²) in [6, 6.07) is 23.0. The van der Waals surface area contributed by atoms with Crippen molar-refractivity contribution in [1.29, 1.82) is 0 Å². The number of aromatic nitrogens is 1. The lowest BCUT2D eigenvalue weighted by Gasteiger charge is -2.09. The molecular weight excluding hydrogens is 439 g/mol. The molecule has 0 atom stereocenters. The van der Waals surface area contributed by atoms with Crippen molar-refractivity contribution in [1.82, 2.24) is 4.98 Å². The third-order valence-corrected chi connectivity index (χ3v) is 3.44. The van der Waals surface area contributed by atoms with Crippen LogP contribution >= 0.6 is 24.0 Å². The number of rotatable bonds is 5. The van der Waals surface area contributed by atoms with Crippen LogP contribution in [-0.2, 0) is 6.54 Å². The van der Waals surface area contributed by atoms with Crippen LogP contribution in [0, 0.1) is 6.92 Å². The number of aryl methyl sites for hydroxylation is 1. The fourth-order valence-electron chi connectivity index (χ4n) is 2.30. The maximum absolute atomic E-state index is 5.96. The lowest BCUT2D eigenvalue weighted by Crippen LogP contribution is -2.22. The van der Waals surface area contributed by atoms with Crippen LogP contribution in [0.2, 0.25) is 0 Å². The molecule has 2 aromatic carbocycles. The SMILES string of the molecule is Cc1cccc(CN=C(N)Nc2cccc(Oc3ccccc3)c2)n1.I. The quantitative estimate of drug-likeness (QED) is 0.328. The van der Waals surface area contributed by atoms with Crippen molar-refractivity contribution in [2.45, 2.75) is 13.5 Å². The van der Waals surface area contributed by atoms with Crippen LogP contribution in [0.15, 0.2) is 77.8 Å². The molecular formula is C20H21IN4O. The number of benzene rings is 2. The largest absolute Gasteiger partial charge is 0.457 e. The summed E-state index contributed by atoms with van der Waals surface area (Å²) in [6.45, 7) is 2.38. The van der Waals surface area contributed by atoms with E-state index in [1.54, 1.807) is 0 Å². The van der Waals surface area contributed by atoms with Gasteiger partial charge in [-0.2, -0.15) is 0 Å². The first kappa shape index (κ1) is 19.7. The predicted molar refractivity (Wildman–Crippen MR) is 116 cm³/mol. The van der Waals surface area contributed by atoms with E-state index in [2.05, 4.69) is 15.3 Å². The van der Waals surface area contributed by atoms with Gasteiger partial charge in [0.1, 0.15) is 11.5 Å². The average Bonchev–Trinajstić information content (AvgIpc) is 2.61. The predicted octanol–water partition coefficient (Wildman–Crippen LogP) is 4.73. The Kier molecular flexibility index (Phi) is 7.40. The number of ether oxygens (including phenoxy) is 1. The van der Waals surface area contributed by atoms with Gasteiger partial charge < -0.3 is 15.8 Å². The van der Waals surface area contributed by atoms with Crippen LogP contribution in [0.3, 0.4) is 0 Å². The molecule has 6 heteroatoms. The maximum atomic E-state index is 5.96. The van der Waals surface area contributed by atoms with Gasteiger partial charge in [-0.3, -0.25) is 4.98 Å². The zero-order chi connectivity index (χ0) is 17.5. The molecule has 0 aliphatic carbocycles. The van der Waals surface area contributed by atoms with Gasteiger partial charge in [0.05, 0.1) is 12.2 Å². The summed E-state index contributed by atoms with van der Waals surface area (Å²) in [5.74, 6) is 1.84. The van der Waals surface area contributed by atoms with Crippen LogP contribution in [-0.4, -0.2) is 10.9 Å². The van der Waals surface area contributed by atoms with Gasteiger partial charge in [0, 0.05) is 17.4 Å². The van der Waals surface area contributed by atoms with Gasteiger partial charge in [-0.25, -0.2) is 4.99 Å². The third-order valence-electron chi connectivity index (χ3n) is 3.44. The summed E-state index contributed by atoms with van der Waals surface area (Å²) in [6.07, 6.45) is 0. The molecule has 1 heterocycles. The van der Waals surface area contributed by atoms with Gasteiger partial charge in [-0.15, -0.1) is 24.0 Å². The second kappa shape index (κ2) is 9.76. The number of halogens is 1. The maximum Gasteiger partial charge on any atom is 0.193 e. The summed E-state index contributed by atoms with van der Waals surface area (Å²) in [5, 5.41) is 3.07. The molecule has 134 valence electrons. The van der Waals surface area contributed by atoms with Crippen molar-refractivity contribution >= 4 is 35.6 Å². The number of nitrogens with zero attached hydrogens (tertiary/aromatic N) is 2. The molecule has 0 aliphatic heterocycles. The van der Waals surface area contributed by atoms with E-state index in [0.717, 1.165) is 28.6 Å². The van der Waals surface area contributed by atoms with Crippen molar-refractivity contribution in [2.75, 3.05) is 5.32 Å². The highest BCUT2D eigenvalue weighted by molar-refractivity contribution is 14.0. The molecule has 3 aromatic rings. The van der Waals surface area contributed by atoms with Crippen molar-refractivity contribution in [3.63, 3.8) is 0 Å². The summed E-state index contributed by atoms with van der Waals surface area (Å²) in [4.78, 5) is 8.73. The molecule has 26 heavy (non-hydrogen) atoms. The Labute approximate surface area is 170 Å². The van der Waals surface area contributed by atoms with Crippen LogP contribution in [0.25, 0.3) is 0 Å². The van der Waals surface area contributed by atoms with Gasteiger partial charge in [0.15, 0.2) is 5.96 Å². The number of para-hydroxylation sites is 1. The fourth-order valence-corrected chi connectivity index (χ4v) is 2.30. The van der Waals surface area contributed by atoms with E-state index in [1.165, 1.54) is 0 Å². The number of pyridine rings is 1. The molecule has 0 aliphatic rings. The summed E-state index contributed by atoms with van der Waals surface area (Å²) in [7, 11) is 0. The molecule has 0 amide bonds. The van der Waals surface area contributed by atoms with Crippen LogP contribution < -0.4 is 15.8 Å². The number of nitrogens with two attached hydrogens (primary N) is 1. The molecule has 0 bridgehead atoms. The first-order chi connectivity index (χ1) is 12.2. The van der Waals surface area contributed by atoms with Gasteiger partial charge in [-0.1, -0.05) is 30.3 Å². The van der Waals surface area contributed by atoms with E-state index in [9.17, 15) is 0 Å². The fraction of sp³-hybridized carbons (Fsp3) is 0.100. The van der Waals surface area contributed by atoms with E-state index in [1.807, 2.05) is 79.7 Å². The number of nitrogens with one attached hydrogen (secondary N) is 1. The average molecular weight is 460 g/mol. The van der Waals surface area contributed by atoms with Crippen LogP contribution in [0.4, 0.5) is 5.69 Å². The van der Waals surface area contributed by atoms with E-state index in [0.29, 0.717) is 12.5 Å². The Morgan fingerprint density at radius 2 is 1.73 bits per heavy atom. The molecule has 1 aromatic heterocycles. The van der Waals surface area contributed by atoms with Gasteiger partial charge >= 0.3 is 0 Å². The van der Waals surface area contributed by atoms with E-state index in [-0.39, 0.29) is 24.0 Å². The number of aliphatic imine (C=N–C) groups is 1. The standard InChI is InChI=1S/C20H20N4O.HI/c1-15-7-5-9-17(23-15)14-22-20(21)24-16-8-6-12-19(13-16)25-18-10-3-2-4-11-18;/h2-13H,14H2,1H3,(H3,21,22,24);1H. The summed E-state index contributed by atoms with van der Waals surface area (Å²) < 4.78 is 5.81. The normalized spacial score (nSPS) is 10.7. The molecule has 0 saturated carbocycles. The lowest BCUT2D eigenvalue weighted by molar-refractivity contribution is 0.483. The minimum atomic E-state index is 0. The zero-order valence-electron chi connectivity index (χ0n) is 14.4. The van der Waals surface area contributed by atoms with Crippen molar-refractivity contribution in [3.8, 4) is 11.5 Å². The van der Waals surface area contributed by atoms with Crippen LogP contribution in [0.1, 0.15) is 11.4 Å². The Morgan fingerprint density at radius 3 is 2.50 bits per heavy atom. The highest BCUT2D eigenvalue weighted by Gasteiger charge is 2.01. The van der Waals surface area contributed by atoms with Gasteiger partial charge in [0.25, 0.3) is 0 Å². The Bertz CT molecular complexity index is 868. The Balaban J connectivity index is 0.00000243. The van der Waals surface area contributed by atoms with Gasteiger partial charge in [-0.05, 0) is 43.3 Å². The van der Waals surface area contributed by atoms with Gasteiger partial charge in [0.2, 0.25) is 0 Å². The topological polar surface area (TPSA) is 72.5 Å². The van der Waals surface area contributed by atoms with Crippen molar-refractivity contribution in [3.05, 3.63) is 84.2 Å². The summed E-state index contributed by atoms with van der Waals surface area (Å²) >= 11 is 0. The zero-order valence-corrected chi connectivity index (χ0v) is 16.8. The second-order valence-corrected chi connectivity index (χ2v) is 5.54. The molecule has 5 nitrogen and oxygen atoms in total. The van der Waals surface area contributed by atoms with Crippen LogP contribution in [0.5, 0.6) is 11.5 Å². The second-order valence-electron chi connectivity index (χ2n) is 5.54. The van der Waals surface area contributed by atoms with Crippen molar-refractivity contribution < 1.29 is 4.74 Å². The summed E-state index contributed by atoms with van der Waals surface area (Å²) in [5.41, 5.74) is 8.62. The number of guanidine groups is 1. The number of hydrogen-bond donors (Lipinski definition) is 2. The monoisotopic (exact) mass is 460 g/mol. The molecule has 0 fully saturated rings. The lowest BCUT2D eigenvalue weighted by atomic mass is 10.3. The molecule has 0 saturated heterocycles. The third kappa shape index (κ3) is 6.03. The van der Waals surface area contributed by atoms with Crippen molar-refractivity contribution in [2.24, 2.45) is 10.7 Å². The molecule has 0 spiro atoms. The highest BCUT2D eigenvalue weighted by atomic mass is 127. The smallest absolute Gasteiger partial charge is 0.193 e. The highest BCUT2D eigenvalue weighted by Crippen LogP contribution is 2.23. The first-order valence-corrected chi connectivity index (χ1v) is 8.01. The molecule has 3 rings (SSSR count). The Hall–Kier alpha value is -2.61. The molecule has 0 radical (unpaired) electrons. The van der Waals surface area contributed by atoms with E-state index < -0.39 is 0 Å². The minimum absolute atomic E-state index is 0. The Morgan fingerprint density at radius 1 is 1.00 bits per heavy atom. The van der Waals surface area contributed by atoms with E-state index >= 15 is 0 Å². The number of hydrogen-bond acceptors (Lipinski definition) is 3.